The van der Waals surface area contributed by atoms with Gasteiger partial charge in [-0.25, -0.2) is 4.99 Å². The number of nitrogens with zero attached hydrogens (tertiary/aromatic N) is 3. The van der Waals surface area contributed by atoms with Gasteiger partial charge < -0.3 is 15.4 Å². The van der Waals surface area contributed by atoms with Crippen LogP contribution in [0.3, 0.4) is 0 Å². The summed E-state index contributed by atoms with van der Waals surface area (Å²) in [6.07, 6.45) is 4.87. The van der Waals surface area contributed by atoms with E-state index in [1.165, 1.54) is 5.56 Å². The molecule has 0 bridgehead atoms. The first-order valence-electron chi connectivity index (χ1n) is 9.40. The highest BCUT2D eigenvalue weighted by molar-refractivity contribution is 5.79. The van der Waals surface area contributed by atoms with Crippen LogP contribution in [0.1, 0.15) is 31.0 Å². The summed E-state index contributed by atoms with van der Waals surface area (Å²) in [6.45, 7) is 6.01. The lowest BCUT2D eigenvalue weighted by Gasteiger charge is -2.11. The van der Waals surface area contributed by atoms with Crippen molar-refractivity contribution in [3.05, 3.63) is 53.9 Å². The van der Waals surface area contributed by atoms with E-state index in [2.05, 4.69) is 51.9 Å². The fraction of sp³-hybridized carbons (Fsp3) is 0.500. The van der Waals surface area contributed by atoms with Crippen molar-refractivity contribution in [2.45, 2.75) is 32.7 Å². The molecule has 1 aromatic carbocycles. The first-order valence-corrected chi connectivity index (χ1v) is 9.40. The van der Waals surface area contributed by atoms with Gasteiger partial charge in [0.05, 0.1) is 18.8 Å². The fourth-order valence-corrected chi connectivity index (χ4v) is 2.53. The van der Waals surface area contributed by atoms with E-state index in [9.17, 15) is 0 Å². The Morgan fingerprint density at radius 3 is 2.69 bits per heavy atom. The average molecular weight is 358 g/mol. The number of rotatable bonds is 11. The van der Waals surface area contributed by atoms with Gasteiger partial charge in [0.25, 0.3) is 0 Å². The Kier molecular flexibility index (Phi) is 9.29. The molecule has 0 spiro atoms. The summed E-state index contributed by atoms with van der Waals surface area (Å²) in [7, 11) is 1.93. The smallest absolute Gasteiger partial charge is 0.191 e. The fourth-order valence-electron chi connectivity index (χ4n) is 2.53. The second-order valence-corrected chi connectivity index (χ2v) is 6.12. The molecule has 0 unspecified atom stereocenters. The standard InChI is InChI=1S/C20H31N5O/c1-3-21-20(23-17-19-11-14-24-25(19)2)22-13-7-8-15-26-16-12-18-9-5-4-6-10-18/h4-6,9-11,14H,3,7-8,12-13,15-17H2,1-2H3,(H2,21,22,23). The Morgan fingerprint density at radius 1 is 1.12 bits per heavy atom. The van der Waals surface area contributed by atoms with Crippen molar-refractivity contribution in [2.75, 3.05) is 26.3 Å². The maximum Gasteiger partial charge on any atom is 0.191 e. The summed E-state index contributed by atoms with van der Waals surface area (Å²) < 4.78 is 7.57. The lowest BCUT2D eigenvalue weighted by atomic mass is 10.2. The van der Waals surface area contributed by atoms with Gasteiger partial charge in [-0.15, -0.1) is 0 Å². The number of aryl methyl sites for hydroxylation is 1. The first kappa shape index (κ1) is 20.0. The molecule has 0 saturated carbocycles. The number of nitrogens with one attached hydrogen (secondary N) is 2. The molecule has 0 radical (unpaired) electrons. The largest absolute Gasteiger partial charge is 0.381 e. The molecule has 2 rings (SSSR count). The highest BCUT2D eigenvalue weighted by atomic mass is 16.5. The third kappa shape index (κ3) is 7.70. The van der Waals surface area contributed by atoms with E-state index in [1.807, 2.05) is 23.9 Å². The molecule has 2 aromatic rings. The first-order chi connectivity index (χ1) is 12.8. The number of ether oxygens (including phenoxy) is 1. The van der Waals surface area contributed by atoms with Gasteiger partial charge in [0.2, 0.25) is 0 Å². The van der Waals surface area contributed by atoms with Crippen molar-refractivity contribution in [1.29, 1.82) is 0 Å². The van der Waals surface area contributed by atoms with Crippen molar-refractivity contribution >= 4 is 5.96 Å². The Morgan fingerprint density at radius 2 is 1.96 bits per heavy atom. The molecular formula is C20H31N5O. The van der Waals surface area contributed by atoms with Gasteiger partial charge in [-0.05, 0) is 37.8 Å². The molecule has 26 heavy (non-hydrogen) atoms. The summed E-state index contributed by atoms with van der Waals surface area (Å²) >= 11 is 0. The quantitative estimate of drug-likeness (QED) is 0.368. The molecule has 6 nitrogen and oxygen atoms in total. The second-order valence-electron chi connectivity index (χ2n) is 6.12. The zero-order valence-electron chi connectivity index (χ0n) is 15.9. The van der Waals surface area contributed by atoms with E-state index in [1.54, 1.807) is 6.20 Å². The minimum atomic E-state index is 0.619. The van der Waals surface area contributed by atoms with Crippen LogP contribution < -0.4 is 10.6 Å². The van der Waals surface area contributed by atoms with Gasteiger partial charge in [0, 0.05) is 32.9 Å². The van der Waals surface area contributed by atoms with Crippen LogP contribution in [0.15, 0.2) is 47.6 Å². The van der Waals surface area contributed by atoms with Gasteiger partial charge in [0.15, 0.2) is 5.96 Å². The molecule has 6 heteroatoms. The van der Waals surface area contributed by atoms with E-state index in [0.29, 0.717) is 6.54 Å². The second kappa shape index (κ2) is 12.1. The SMILES string of the molecule is CCNC(=NCc1ccnn1C)NCCCCOCCc1ccccc1. The van der Waals surface area contributed by atoms with Gasteiger partial charge in [-0.2, -0.15) is 5.10 Å². The van der Waals surface area contributed by atoms with Crippen molar-refractivity contribution in [2.24, 2.45) is 12.0 Å². The molecule has 0 aliphatic carbocycles. The molecule has 1 aromatic heterocycles. The molecule has 0 fully saturated rings. The van der Waals surface area contributed by atoms with Crippen LogP contribution in [0.2, 0.25) is 0 Å². The summed E-state index contributed by atoms with van der Waals surface area (Å²) in [6, 6.07) is 12.4. The van der Waals surface area contributed by atoms with E-state index < -0.39 is 0 Å². The molecule has 1 heterocycles. The molecular weight excluding hydrogens is 326 g/mol. The number of aliphatic imine (C=N–C) groups is 1. The maximum absolute atomic E-state index is 5.72. The van der Waals surface area contributed by atoms with Gasteiger partial charge >= 0.3 is 0 Å². The predicted octanol–water partition coefficient (Wildman–Crippen LogP) is 2.51. The third-order valence-corrected chi connectivity index (χ3v) is 4.05. The van der Waals surface area contributed by atoms with Gasteiger partial charge in [-0.1, -0.05) is 30.3 Å². The zero-order chi connectivity index (χ0) is 18.5. The summed E-state index contributed by atoms with van der Waals surface area (Å²) in [4.78, 5) is 4.60. The van der Waals surface area contributed by atoms with Crippen LogP contribution in [0.25, 0.3) is 0 Å². The number of unbranched alkanes of at least 4 members (excludes halogenated alkanes) is 1. The van der Waals surface area contributed by atoms with Crippen molar-refractivity contribution in [1.82, 2.24) is 20.4 Å². The van der Waals surface area contributed by atoms with Crippen LogP contribution in [0.5, 0.6) is 0 Å². The summed E-state index contributed by atoms with van der Waals surface area (Å²) in [5, 5.41) is 10.8. The molecule has 2 N–H and O–H groups in total. The molecule has 142 valence electrons. The third-order valence-electron chi connectivity index (χ3n) is 4.05. The number of aromatic nitrogens is 2. The normalized spacial score (nSPS) is 11.5. The topological polar surface area (TPSA) is 63.5 Å². The molecule has 0 amide bonds. The minimum absolute atomic E-state index is 0.619. The van der Waals surface area contributed by atoms with E-state index in [-0.39, 0.29) is 0 Å². The monoisotopic (exact) mass is 357 g/mol. The molecule has 0 aliphatic heterocycles. The average Bonchev–Trinajstić information content (AvgIpc) is 3.07. The maximum atomic E-state index is 5.72. The molecule has 0 saturated heterocycles. The van der Waals surface area contributed by atoms with E-state index in [0.717, 1.165) is 57.2 Å². The lowest BCUT2D eigenvalue weighted by molar-refractivity contribution is 0.133. The Balaban J connectivity index is 1.55. The van der Waals surface area contributed by atoms with Crippen LogP contribution in [0.4, 0.5) is 0 Å². The number of hydrogen-bond donors (Lipinski definition) is 2. The summed E-state index contributed by atoms with van der Waals surface area (Å²) in [5.74, 6) is 0.846. The van der Waals surface area contributed by atoms with Crippen molar-refractivity contribution < 1.29 is 4.74 Å². The number of benzene rings is 1. The molecule has 0 atom stereocenters. The Hall–Kier alpha value is -2.34. The zero-order valence-corrected chi connectivity index (χ0v) is 15.9. The highest BCUT2D eigenvalue weighted by Gasteiger charge is 2.00. The Labute approximate surface area is 156 Å². The van der Waals surface area contributed by atoms with Crippen molar-refractivity contribution in [3.8, 4) is 0 Å². The minimum Gasteiger partial charge on any atom is -0.381 e. The van der Waals surface area contributed by atoms with Gasteiger partial charge in [-0.3, -0.25) is 4.68 Å². The highest BCUT2D eigenvalue weighted by Crippen LogP contribution is 2.00. The summed E-state index contributed by atoms with van der Waals surface area (Å²) in [5.41, 5.74) is 2.42. The number of hydrogen-bond acceptors (Lipinski definition) is 3. The lowest BCUT2D eigenvalue weighted by Crippen LogP contribution is -2.37. The molecule has 0 aliphatic rings. The van der Waals surface area contributed by atoms with Crippen LogP contribution in [-0.4, -0.2) is 42.0 Å². The van der Waals surface area contributed by atoms with E-state index >= 15 is 0 Å². The Bertz CT molecular complexity index is 639. The van der Waals surface area contributed by atoms with Gasteiger partial charge in [0.1, 0.15) is 0 Å². The van der Waals surface area contributed by atoms with E-state index in [4.69, 9.17) is 4.74 Å². The predicted molar refractivity (Wildman–Crippen MR) is 106 cm³/mol. The van der Waals surface area contributed by atoms with Crippen LogP contribution in [0, 0.1) is 0 Å². The van der Waals surface area contributed by atoms with Crippen molar-refractivity contribution in [3.63, 3.8) is 0 Å². The van der Waals surface area contributed by atoms with Crippen LogP contribution >= 0.6 is 0 Å². The number of guanidine groups is 1. The van der Waals surface area contributed by atoms with Crippen LogP contribution in [-0.2, 0) is 24.8 Å².